The van der Waals surface area contributed by atoms with Gasteiger partial charge >= 0.3 is 6.18 Å². The third kappa shape index (κ3) is 5.28. The summed E-state index contributed by atoms with van der Waals surface area (Å²) in [5, 5.41) is 2.46. The number of fused-ring (bicyclic) bond motifs is 1. The van der Waals surface area contributed by atoms with Gasteiger partial charge in [-0.05, 0) is 23.8 Å². The molecule has 1 heterocycles. The number of para-hydroxylation sites is 2. The summed E-state index contributed by atoms with van der Waals surface area (Å²) >= 11 is 0. The highest BCUT2D eigenvalue weighted by molar-refractivity contribution is 5.87. The molecule has 3 N–H and O–H groups in total. The first-order chi connectivity index (χ1) is 13.7. The molecule has 29 heavy (non-hydrogen) atoms. The van der Waals surface area contributed by atoms with Gasteiger partial charge in [-0.2, -0.15) is 13.2 Å². The van der Waals surface area contributed by atoms with Crippen molar-refractivity contribution in [3.05, 3.63) is 71.5 Å². The molecule has 3 aromatic rings. The number of hydrogen-bond donors (Lipinski definition) is 2. The minimum atomic E-state index is -4.50. The van der Waals surface area contributed by atoms with Gasteiger partial charge in [0.05, 0.1) is 28.7 Å². The maximum atomic E-state index is 12.8. The summed E-state index contributed by atoms with van der Waals surface area (Å²) in [6.45, 7) is 0. The minimum absolute atomic E-state index is 0.0154. The van der Waals surface area contributed by atoms with Crippen molar-refractivity contribution in [3.63, 3.8) is 0 Å². The summed E-state index contributed by atoms with van der Waals surface area (Å²) in [6.07, 6.45) is -3.33. The number of carbonyl (C=O) groups excluding carboxylic acids is 2. The Hall–Kier alpha value is -3.49. The quantitative estimate of drug-likeness (QED) is 0.662. The molecule has 0 aliphatic rings. The summed E-state index contributed by atoms with van der Waals surface area (Å²) < 4.78 is 38.4. The Morgan fingerprint density at radius 2 is 1.79 bits per heavy atom. The number of alkyl halides is 3. The molecule has 1 atom stereocenters. The molecule has 150 valence electrons. The Morgan fingerprint density at radius 1 is 1.07 bits per heavy atom. The molecule has 2 aromatic carbocycles. The van der Waals surface area contributed by atoms with Crippen LogP contribution in [0.3, 0.4) is 0 Å². The van der Waals surface area contributed by atoms with E-state index in [1.54, 1.807) is 18.2 Å². The van der Waals surface area contributed by atoms with E-state index < -0.39 is 29.6 Å². The van der Waals surface area contributed by atoms with Gasteiger partial charge in [0.2, 0.25) is 11.8 Å². The number of nitrogens with two attached hydrogens (primary N) is 1. The van der Waals surface area contributed by atoms with Crippen molar-refractivity contribution in [1.29, 1.82) is 0 Å². The van der Waals surface area contributed by atoms with Gasteiger partial charge in [0, 0.05) is 12.6 Å². The number of benzene rings is 2. The van der Waals surface area contributed by atoms with Crippen molar-refractivity contribution in [2.24, 2.45) is 5.73 Å². The van der Waals surface area contributed by atoms with Crippen LogP contribution in [0.2, 0.25) is 0 Å². The molecule has 0 aliphatic carbocycles. The van der Waals surface area contributed by atoms with E-state index in [0.717, 1.165) is 12.1 Å². The van der Waals surface area contributed by atoms with Gasteiger partial charge < -0.3 is 11.1 Å². The predicted octanol–water partition coefficient (Wildman–Crippen LogP) is 2.40. The highest BCUT2D eigenvalue weighted by Gasteiger charge is 2.30. The Balaban J connectivity index is 1.70. The molecule has 9 heteroatoms. The summed E-state index contributed by atoms with van der Waals surface area (Å²) in [4.78, 5) is 32.6. The topological polar surface area (TPSA) is 98.0 Å². The first kappa shape index (κ1) is 20.2. The number of halogens is 3. The van der Waals surface area contributed by atoms with E-state index in [2.05, 4.69) is 15.3 Å². The van der Waals surface area contributed by atoms with Crippen LogP contribution >= 0.6 is 0 Å². The molecule has 0 aliphatic heterocycles. The standard InChI is InChI=1S/C20H17F3N4O2/c21-20(22,23)13-5-3-4-12(8-13)9-18(28)27-17(19(24)29)10-14-11-25-15-6-1-2-7-16(15)26-14/h1-8,11,17H,9-10H2,(H2,24,29)(H,27,28)/t17-/m0/s1. The third-order valence-electron chi connectivity index (χ3n) is 4.21. The van der Waals surface area contributed by atoms with E-state index in [4.69, 9.17) is 5.73 Å². The monoisotopic (exact) mass is 402 g/mol. The van der Waals surface area contributed by atoms with E-state index in [0.29, 0.717) is 16.7 Å². The number of nitrogens with zero attached hydrogens (tertiary/aromatic N) is 2. The van der Waals surface area contributed by atoms with E-state index in [9.17, 15) is 22.8 Å². The number of primary amides is 1. The second-order valence-electron chi connectivity index (χ2n) is 6.45. The molecule has 0 saturated heterocycles. The van der Waals surface area contributed by atoms with Crippen molar-refractivity contribution >= 4 is 22.8 Å². The van der Waals surface area contributed by atoms with E-state index in [1.165, 1.54) is 18.3 Å². The molecule has 3 rings (SSSR count). The normalized spacial score (nSPS) is 12.5. The fraction of sp³-hybridized carbons (Fsp3) is 0.200. The van der Waals surface area contributed by atoms with Crippen molar-refractivity contribution < 1.29 is 22.8 Å². The van der Waals surface area contributed by atoms with Crippen LogP contribution in [0.5, 0.6) is 0 Å². The van der Waals surface area contributed by atoms with Gasteiger partial charge in [0.1, 0.15) is 6.04 Å². The maximum absolute atomic E-state index is 12.8. The third-order valence-corrected chi connectivity index (χ3v) is 4.21. The predicted molar refractivity (Wildman–Crippen MR) is 99.5 cm³/mol. The fourth-order valence-electron chi connectivity index (χ4n) is 2.81. The number of rotatable bonds is 6. The first-order valence-corrected chi connectivity index (χ1v) is 8.68. The van der Waals surface area contributed by atoms with E-state index in [-0.39, 0.29) is 18.4 Å². The molecule has 0 fully saturated rings. The summed E-state index contributed by atoms with van der Waals surface area (Å²) in [7, 11) is 0. The molecule has 0 bridgehead atoms. The van der Waals surface area contributed by atoms with Gasteiger partial charge in [-0.3, -0.25) is 14.6 Å². The first-order valence-electron chi connectivity index (χ1n) is 8.68. The average molecular weight is 402 g/mol. The van der Waals surface area contributed by atoms with E-state index in [1.807, 2.05) is 6.07 Å². The Labute approximate surface area is 164 Å². The number of nitrogens with one attached hydrogen (secondary N) is 1. The zero-order valence-electron chi connectivity index (χ0n) is 15.1. The summed E-state index contributed by atoms with van der Waals surface area (Å²) in [6, 6.07) is 10.5. The molecule has 0 saturated carbocycles. The second-order valence-corrected chi connectivity index (χ2v) is 6.45. The molecule has 0 unspecified atom stereocenters. The Kier molecular flexibility index (Phi) is 5.76. The lowest BCUT2D eigenvalue weighted by molar-refractivity contribution is -0.137. The van der Waals surface area contributed by atoms with Crippen molar-refractivity contribution in [2.75, 3.05) is 0 Å². The SMILES string of the molecule is NC(=O)[C@H](Cc1cnc2ccccc2n1)NC(=O)Cc1cccc(C(F)(F)F)c1. The smallest absolute Gasteiger partial charge is 0.368 e. The lowest BCUT2D eigenvalue weighted by atomic mass is 10.1. The second kappa shape index (κ2) is 8.26. The fourth-order valence-corrected chi connectivity index (χ4v) is 2.81. The van der Waals surface area contributed by atoms with Gasteiger partial charge in [-0.1, -0.05) is 30.3 Å². The number of hydrogen-bond acceptors (Lipinski definition) is 4. The zero-order valence-corrected chi connectivity index (χ0v) is 15.1. The van der Waals surface area contributed by atoms with Crippen LogP contribution in [0.25, 0.3) is 11.0 Å². The largest absolute Gasteiger partial charge is 0.416 e. The van der Waals surface area contributed by atoms with Crippen molar-refractivity contribution in [3.8, 4) is 0 Å². The zero-order chi connectivity index (χ0) is 21.0. The van der Waals surface area contributed by atoms with Crippen LogP contribution < -0.4 is 11.1 Å². The molecule has 1 aromatic heterocycles. The minimum Gasteiger partial charge on any atom is -0.368 e. The lowest BCUT2D eigenvalue weighted by Gasteiger charge is -2.16. The summed E-state index contributed by atoms with van der Waals surface area (Å²) in [5.74, 6) is -1.40. The number of carbonyl (C=O) groups is 2. The molecule has 2 amide bonds. The Bertz CT molecular complexity index is 1050. The molecule has 0 radical (unpaired) electrons. The van der Waals surface area contributed by atoms with Gasteiger partial charge in [-0.25, -0.2) is 4.98 Å². The average Bonchev–Trinajstić information content (AvgIpc) is 2.67. The highest BCUT2D eigenvalue weighted by atomic mass is 19.4. The van der Waals surface area contributed by atoms with Gasteiger partial charge in [-0.15, -0.1) is 0 Å². The van der Waals surface area contributed by atoms with Crippen LogP contribution in [0.4, 0.5) is 13.2 Å². The lowest BCUT2D eigenvalue weighted by Crippen LogP contribution is -2.46. The van der Waals surface area contributed by atoms with Crippen LogP contribution in [0, 0.1) is 0 Å². The van der Waals surface area contributed by atoms with Crippen LogP contribution in [0.15, 0.2) is 54.7 Å². The van der Waals surface area contributed by atoms with Crippen LogP contribution in [-0.4, -0.2) is 27.8 Å². The van der Waals surface area contributed by atoms with Gasteiger partial charge in [0.15, 0.2) is 0 Å². The van der Waals surface area contributed by atoms with Crippen LogP contribution in [0.1, 0.15) is 16.8 Å². The van der Waals surface area contributed by atoms with Crippen molar-refractivity contribution in [1.82, 2.24) is 15.3 Å². The van der Waals surface area contributed by atoms with E-state index >= 15 is 0 Å². The molecule has 6 nitrogen and oxygen atoms in total. The number of amides is 2. The summed E-state index contributed by atoms with van der Waals surface area (Å²) in [5.41, 5.74) is 6.46. The molecular weight excluding hydrogens is 385 g/mol. The van der Waals surface area contributed by atoms with Crippen LogP contribution in [-0.2, 0) is 28.6 Å². The van der Waals surface area contributed by atoms with Crippen molar-refractivity contribution in [2.45, 2.75) is 25.1 Å². The number of aromatic nitrogens is 2. The van der Waals surface area contributed by atoms with Gasteiger partial charge in [0.25, 0.3) is 0 Å². The maximum Gasteiger partial charge on any atom is 0.416 e. The highest BCUT2D eigenvalue weighted by Crippen LogP contribution is 2.29. The Morgan fingerprint density at radius 3 is 2.48 bits per heavy atom. The molecule has 0 spiro atoms. The molecular formula is C20H17F3N4O2.